The van der Waals surface area contributed by atoms with Crippen LogP contribution in [0.3, 0.4) is 0 Å². The smallest absolute Gasteiger partial charge is 0.289 e. The highest BCUT2D eigenvalue weighted by atomic mass is 32.2. The number of hydrogen-bond acceptors (Lipinski definition) is 7. The molecule has 10 nitrogen and oxygen atoms in total. The number of para-hydroxylation sites is 1. The Hall–Kier alpha value is -3.02. The maximum absolute atomic E-state index is 12.9. The van der Waals surface area contributed by atoms with Crippen LogP contribution in [0.4, 0.5) is 5.69 Å². The number of sulfonamides is 1. The van der Waals surface area contributed by atoms with Crippen LogP contribution in [0.15, 0.2) is 53.4 Å². The lowest BCUT2D eigenvalue weighted by Crippen LogP contribution is -2.51. The number of nitrogens with zero attached hydrogens (tertiary/aromatic N) is 4. The van der Waals surface area contributed by atoms with Crippen molar-refractivity contribution >= 4 is 21.6 Å². The summed E-state index contributed by atoms with van der Waals surface area (Å²) >= 11 is 0. The van der Waals surface area contributed by atoms with E-state index in [1.165, 1.54) is 28.6 Å². The molecule has 1 saturated heterocycles. The standard InChI is InChI=1S/C21H26N4O6S/c1-22(15-17-6-5-7-18(14-17)31-2)21(26)16-23-10-12-24(13-11-23)32(29,30)20-9-4-3-8-19(20)25(27)28/h3-9,14H,10-13,15-16H2,1-2H3. The average Bonchev–Trinajstić information content (AvgIpc) is 2.79. The fraction of sp³-hybridized carbons (Fsp3) is 0.381. The third-order valence-electron chi connectivity index (χ3n) is 5.35. The molecular weight excluding hydrogens is 436 g/mol. The zero-order valence-corrected chi connectivity index (χ0v) is 18.8. The minimum atomic E-state index is -4.00. The van der Waals surface area contributed by atoms with Crippen LogP contribution in [-0.2, 0) is 21.4 Å². The van der Waals surface area contributed by atoms with E-state index in [0.29, 0.717) is 19.6 Å². The molecule has 1 fully saturated rings. The van der Waals surface area contributed by atoms with Gasteiger partial charge in [0.15, 0.2) is 4.90 Å². The number of rotatable bonds is 8. The highest BCUT2D eigenvalue weighted by Crippen LogP contribution is 2.27. The summed E-state index contributed by atoms with van der Waals surface area (Å²) in [6.07, 6.45) is 0. The van der Waals surface area contributed by atoms with Gasteiger partial charge in [-0.05, 0) is 23.8 Å². The van der Waals surface area contributed by atoms with E-state index in [9.17, 15) is 23.3 Å². The van der Waals surface area contributed by atoms with Gasteiger partial charge in [-0.15, -0.1) is 0 Å². The van der Waals surface area contributed by atoms with Crippen LogP contribution in [0.25, 0.3) is 0 Å². The molecule has 0 unspecified atom stereocenters. The summed E-state index contributed by atoms with van der Waals surface area (Å²) in [5.41, 5.74) is 0.504. The molecule has 1 aliphatic rings. The first-order valence-electron chi connectivity index (χ1n) is 10.0. The van der Waals surface area contributed by atoms with Crippen molar-refractivity contribution in [3.63, 3.8) is 0 Å². The van der Waals surface area contributed by atoms with Gasteiger partial charge in [-0.25, -0.2) is 8.42 Å². The van der Waals surface area contributed by atoms with E-state index in [0.717, 1.165) is 11.3 Å². The summed E-state index contributed by atoms with van der Waals surface area (Å²) in [6, 6.07) is 12.8. The molecule has 0 bridgehead atoms. The molecule has 0 aromatic heterocycles. The predicted molar refractivity (Wildman–Crippen MR) is 118 cm³/mol. The number of carbonyl (C=O) groups excluding carboxylic acids is 1. The molecule has 172 valence electrons. The third-order valence-corrected chi connectivity index (χ3v) is 7.30. The van der Waals surface area contributed by atoms with Crippen molar-refractivity contribution in [2.75, 3.05) is 46.9 Å². The van der Waals surface area contributed by atoms with E-state index in [1.54, 1.807) is 19.1 Å². The maximum Gasteiger partial charge on any atom is 0.289 e. The number of nitro groups is 1. The minimum absolute atomic E-state index is 0.0807. The van der Waals surface area contributed by atoms with Gasteiger partial charge in [0.2, 0.25) is 15.9 Å². The van der Waals surface area contributed by atoms with Crippen LogP contribution in [0.2, 0.25) is 0 Å². The maximum atomic E-state index is 12.9. The second-order valence-corrected chi connectivity index (χ2v) is 9.41. The number of ether oxygens (including phenoxy) is 1. The van der Waals surface area contributed by atoms with Gasteiger partial charge >= 0.3 is 0 Å². The van der Waals surface area contributed by atoms with Crippen LogP contribution in [0, 0.1) is 10.1 Å². The molecule has 0 radical (unpaired) electrons. The van der Waals surface area contributed by atoms with Crippen LogP contribution in [0.5, 0.6) is 5.75 Å². The Bertz CT molecular complexity index is 1080. The Balaban J connectivity index is 1.57. The Morgan fingerprint density at radius 3 is 2.47 bits per heavy atom. The number of methoxy groups -OCH3 is 1. The van der Waals surface area contributed by atoms with Crippen LogP contribution in [0.1, 0.15) is 5.56 Å². The molecule has 0 spiro atoms. The molecule has 1 heterocycles. The number of piperazine rings is 1. The van der Waals surface area contributed by atoms with E-state index >= 15 is 0 Å². The zero-order chi connectivity index (χ0) is 23.3. The number of hydrogen-bond donors (Lipinski definition) is 0. The molecular formula is C21H26N4O6S. The lowest BCUT2D eigenvalue weighted by atomic mass is 10.2. The summed E-state index contributed by atoms with van der Waals surface area (Å²) in [6.45, 7) is 1.63. The van der Waals surface area contributed by atoms with Crippen LogP contribution < -0.4 is 4.74 Å². The number of benzene rings is 2. The Morgan fingerprint density at radius 2 is 1.81 bits per heavy atom. The second-order valence-electron chi connectivity index (χ2n) is 7.51. The molecule has 32 heavy (non-hydrogen) atoms. The molecule has 1 amide bonds. The highest BCUT2D eigenvalue weighted by molar-refractivity contribution is 7.89. The monoisotopic (exact) mass is 462 g/mol. The minimum Gasteiger partial charge on any atom is -0.497 e. The molecule has 0 aliphatic carbocycles. The normalized spacial score (nSPS) is 15.3. The van der Waals surface area contributed by atoms with Crippen molar-refractivity contribution in [2.24, 2.45) is 0 Å². The van der Waals surface area contributed by atoms with Crippen molar-refractivity contribution in [2.45, 2.75) is 11.4 Å². The molecule has 1 aliphatic heterocycles. The molecule has 3 rings (SSSR count). The van der Waals surface area contributed by atoms with Gasteiger partial charge in [0.05, 0.1) is 18.6 Å². The summed E-state index contributed by atoms with van der Waals surface area (Å²) in [4.78, 5) is 26.4. The summed E-state index contributed by atoms with van der Waals surface area (Å²) in [7, 11) is -0.689. The highest BCUT2D eigenvalue weighted by Gasteiger charge is 2.33. The van der Waals surface area contributed by atoms with Crippen molar-refractivity contribution in [3.8, 4) is 5.75 Å². The van der Waals surface area contributed by atoms with E-state index in [1.807, 2.05) is 29.2 Å². The van der Waals surface area contributed by atoms with Gasteiger partial charge in [-0.1, -0.05) is 24.3 Å². The van der Waals surface area contributed by atoms with Gasteiger partial charge in [0, 0.05) is 45.8 Å². The first-order chi connectivity index (χ1) is 15.2. The second kappa shape index (κ2) is 10.1. The fourth-order valence-electron chi connectivity index (χ4n) is 3.54. The van der Waals surface area contributed by atoms with E-state index in [-0.39, 0.29) is 30.4 Å². The molecule has 2 aromatic rings. The lowest BCUT2D eigenvalue weighted by Gasteiger charge is -2.34. The van der Waals surface area contributed by atoms with Crippen molar-refractivity contribution in [1.82, 2.24) is 14.1 Å². The first-order valence-corrected chi connectivity index (χ1v) is 11.5. The van der Waals surface area contributed by atoms with Gasteiger partial charge in [0.25, 0.3) is 5.69 Å². The van der Waals surface area contributed by atoms with Gasteiger partial charge in [0.1, 0.15) is 5.75 Å². The number of carbonyl (C=O) groups is 1. The largest absolute Gasteiger partial charge is 0.497 e. The molecule has 2 aromatic carbocycles. The molecule has 11 heteroatoms. The predicted octanol–water partition coefficient (Wildman–Crippen LogP) is 1.57. The summed E-state index contributed by atoms with van der Waals surface area (Å²) < 4.78 is 32.3. The van der Waals surface area contributed by atoms with Crippen molar-refractivity contribution in [3.05, 3.63) is 64.2 Å². The first kappa shape index (κ1) is 23.6. The van der Waals surface area contributed by atoms with Gasteiger partial charge < -0.3 is 9.64 Å². The van der Waals surface area contributed by atoms with Crippen molar-refractivity contribution < 1.29 is 22.9 Å². The Kier molecular flexibility index (Phi) is 7.44. The summed E-state index contributed by atoms with van der Waals surface area (Å²) in [5, 5.41) is 11.2. The Labute approximate surface area is 187 Å². The van der Waals surface area contributed by atoms with Gasteiger partial charge in [-0.2, -0.15) is 4.31 Å². The van der Waals surface area contributed by atoms with Crippen molar-refractivity contribution in [1.29, 1.82) is 0 Å². The van der Waals surface area contributed by atoms with Crippen LogP contribution >= 0.6 is 0 Å². The number of nitro benzene ring substituents is 1. The lowest BCUT2D eigenvalue weighted by molar-refractivity contribution is -0.387. The van der Waals surface area contributed by atoms with Crippen LogP contribution in [-0.4, -0.2) is 80.2 Å². The van der Waals surface area contributed by atoms with Gasteiger partial charge in [-0.3, -0.25) is 19.8 Å². The van der Waals surface area contributed by atoms with E-state index < -0.39 is 20.6 Å². The Morgan fingerprint density at radius 1 is 1.12 bits per heavy atom. The number of amides is 1. The molecule has 0 atom stereocenters. The topological polar surface area (TPSA) is 113 Å². The SMILES string of the molecule is COc1cccc(CN(C)C(=O)CN2CCN(S(=O)(=O)c3ccccc3[N+](=O)[O-])CC2)c1. The van der Waals surface area contributed by atoms with E-state index in [4.69, 9.17) is 4.74 Å². The fourth-order valence-corrected chi connectivity index (χ4v) is 5.12. The third kappa shape index (κ3) is 5.42. The summed E-state index contributed by atoms with van der Waals surface area (Å²) in [5.74, 6) is 0.641. The molecule has 0 saturated carbocycles. The number of likely N-dealkylation sites (N-methyl/N-ethyl adjacent to an activating group) is 1. The average molecular weight is 463 g/mol. The van der Waals surface area contributed by atoms with E-state index in [2.05, 4.69) is 0 Å². The molecule has 0 N–H and O–H groups in total. The quantitative estimate of drug-likeness (QED) is 0.432. The zero-order valence-electron chi connectivity index (χ0n) is 18.0.